The molecule has 5 heteroatoms. The number of nitrogens with one attached hydrogen (secondary N) is 1. The Morgan fingerprint density at radius 3 is 2.67 bits per heavy atom. The summed E-state index contributed by atoms with van der Waals surface area (Å²) in [7, 11) is 0. The van der Waals surface area contributed by atoms with Crippen molar-refractivity contribution in [3.05, 3.63) is 51.9 Å². The molecule has 0 unspecified atom stereocenters. The SMILES string of the molecule is CCCc1[nH]n(-c2ccccc2)c(=O)c1C(C)=NCCCOCC. The smallest absolute Gasteiger partial charge is 0.280 e. The molecule has 1 aromatic heterocycles. The van der Waals surface area contributed by atoms with E-state index in [4.69, 9.17) is 4.74 Å². The van der Waals surface area contributed by atoms with Crippen molar-refractivity contribution in [1.82, 2.24) is 9.78 Å². The quantitative estimate of drug-likeness (QED) is 0.566. The van der Waals surface area contributed by atoms with Crippen LogP contribution in [0.5, 0.6) is 0 Å². The predicted molar refractivity (Wildman–Crippen MR) is 98.6 cm³/mol. The van der Waals surface area contributed by atoms with Crippen LogP contribution in [0.4, 0.5) is 0 Å². The zero-order valence-corrected chi connectivity index (χ0v) is 14.8. The third-order valence-electron chi connectivity index (χ3n) is 3.84. The fourth-order valence-corrected chi connectivity index (χ4v) is 2.68. The van der Waals surface area contributed by atoms with Crippen LogP contribution in [0.25, 0.3) is 5.69 Å². The van der Waals surface area contributed by atoms with Gasteiger partial charge in [-0.3, -0.25) is 14.9 Å². The normalized spacial score (nSPS) is 11.9. The second-order valence-electron chi connectivity index (χ2n) is 5.71. The molecule has 2 rings (SSSR count). The Morgan fingerprint density at radius 1 is 1.25 bits per heavy atom. The molecular formula is C19H27N3O2. The van der Waals surface area contributed by atoms with Crippen LogP contribution in [0, 0.1) is 0 Å². The number of ether oxygens (including phenoxy) is 1. The molecule has 1 heterocycles. The summed E-state index contributed by atoms with van der Waals surface area (Å²) in [6.45, 7) is 8.11. The van der Waals surface area contributed by atoms with E-state index in [2.05, 4.69) is 17.0 Å². The van der Waals surface area contributed by atoms with Gasteiger partial charge >= 0.3 is 0 Å². The molecule has 0 fully saturated rings. The van der Waals surface area contributed by atoms with Crippen LogP contribution in [0.1, 0.15) is 44.9 Å². The first-order valence-electron chi connectivity index (χ1n) is 8.67. The first-order valence-corrected chi connectivity index (χ1v) is 8.67. The third kappa shape index (κ3) is 4.45. The Morgan fingerprint density at radius 2 is 2.00 bits per heavy atom. The van der Waals surface area contributed by atoms with Gasteiger partial charge in [0.2, 0.25) is 0 Å². The fourth-order valence-electron chi connectivity index (χ4n) is 2.68. The van der Waals surface area contributed by atoms with Crippen molar-refractivity contribution in [3.63, 3.8) is 0 Å². The summed E-state index contributed by atoms with van der Waals surface area (Å²) < 4.78 is 6.94. The van der Waals surface area contributed by atoms with Crippen molar-refractivity contribution >= 4 is 5.71 Å². The molecule has 130 valence electrons. The number of hydrogen-bond donors (Lipinski definition) is 1. The molecule has 0 amide bonds. The van der Waals surface area contributed by atoms with E-state index in [1.165, 1.54) is 0 Å². The maximum Gasteiger partial charge on any atom is 0.280 e. The lowest BCUT2D eigenvalue weighted by Gasteiger charge is -2.02. The van der Waals surface area contributed by atoms with Gasteiger partial charge in [0.05, 0.1) is 11.3 Å². The number of hydrogen-bond acceptors (Lipinski definition) is 3. The van der Waals surface area contributed by atoms with Gasteiger partial charge in [0.25, 0.3) is 5.56 Å². The van der Waals surface area contributed by atoms with Crippen LogP contribution in [0.3, 0.4) is 0 Å². The molecule has 0 atom stereocenters. The standard InChI is InChI=1S/C19H27N3O2/c1-4-10-17-18(15(3)20-13-9-14-24-5-2)19(23)22(21-17)16-11-7-6-8-12-16/h6-8,11-12,21H,4-5,9-10,13-14H2,1-3H3. The van der Waals surface area contributed by atoms with Gasteiger partial charge in [-0.1, -0.05) is 31.5 Å². The zero-order valence-electron chi connectivity index (χ0n) is 14.8. The molecule has 1 aromatic carbocycles. The van der Waals surface area contributed by atoms with Gasteiger partial charge in [-0.25, -0.2) is 4.68 Å². The number of nitrogens with zero attached hydrogens (tertiary/aromatic N) is 2. The van der Waals surface area contributed by atoms with E-state index in [1.54, 1.807) is 4.68 Å². The van der Waals surface area contributed by atoms with Crippen molar-refractivity contribution in [1.29, 1.82) is 0 Å². The van der Waals surface area contributed by atoms with Gasteiger partial charge in [0.15, 0.2) is 0 Å². The van der Waals surface area contributed by atoms with Crippen LogP contribution < -0.4 is 5.56 Å². The zero-order chi connectivity index (χ0) is 17.4. The van der Waals surface area contributed by atoms with E-state index in [0.717, 1.165) is 43.0 Å². The molecule has 0 aliphatic heterocycles. The average molecular weight is 329 g/mol. The summed E-state index contributed by atoms with van der Waals surface area (Å²) in [5, 5.41) is 3.26. The average Bonchev–Trinajstić information content (AvgIpc) is 2.92. The topological polar surface area (TPSA) is 59.4 Å². The van der Waals surface area contributed by atoms with Crippen molar-refractivity contribution in [2.45, 2.75) is 40.0 Å². The van der Waals surface area contributed by atoms with Gasteiger partial charge in [-0.05, 0) is 38.8 Å². The highest BCUT2D eigenvalue weighted by molar-refractivity contribution is 5.99. The molecular weight excluding hydrogens is 302 g/mol. The summed E-state index contributed by atoms with van der Waals surface area (Å²) >= 11 is 0. The van der Waals surface area contributed by atoms with Gasteiger partial charge in [-0.2, -0.15) is 0 Å². The van der Waals surface area contributed by atoms with Gasteiger partial charge < -0.3 is 4.74 Å². The van der Waals surface area contributed by atoms with Gasteiger partial charge in [0.1, 0.15) is 0 Å². The summed E-state index contributed by atoms with van der Waals surface area (Å²) in [4.78, 5) is 17.4. The summed E-state index contributed by atoms with van der Waals surface area (Å²) in [6.07, 6.45) is 2.67. The Bertz CT molecular complexity index is 714. The number of benzene rings is 1. The highest BCUT2D eigenvalue weighted by Gasteiger charge is 2.16. The van der Waals surface area contributed by atoms with Crippen molar-refractivity contribution < 1.29 is 4.74 Å². The number of aromatic amines is 1. The minimum atomic E-state index is -0.0318. The van der Waals surface area contributed by atoms with E-state index in [9.17, 15) is 4.79 Å². The predicted octanol–water partition coefficient (Wildman–Crippen LogP) is 3.35. The Hall–Kier alpha value is -2.14. The molecule has 0 saturated heterocycles. The summed E-state index contributed by atoms with van der Waals surface area (Å²) in [6, 6.07) is 9.64. The molecule has 5 nitrogen and oxygen atoms in total. The number of H-pyrrole nitrogens is 1. The number of para-hydroxylation sites is 1. The van der Waals surface area contributed by atoms with E-state index < -0.39 is 0 Å². The largest absolute Gasteiger partial charge is 0.382 e. The second kappa shape index (κ2) is 9.23. The van der Waals surface area contributed by atoms with Crippen molar-refractivity contribution in [2.24, 2.45) is 4.99 Å². The van der Waals surface area contributed by atoms with Gasteiger partial charge in [0, 0.05) is 31.2 Å². The first-order chi connectivity index (χ1) is 11.7. The van der Waals surface area contributed by atoms with Crippen molar-refractivity contribution in [3.8, 4) is 5.69 Å². The van der Waals surface area contributed by atoms with Crippen LogP contribution in [-0.2, 0) is 11.2 Å². The van der Waals surface area contributed by atoms with E-state index in [0.29, 0.717) is 18.7 Å². The maximum absolute atomic E-state index is 12.9. The number of aromatic nitrogens is 2. The third-order valence-corrected chi connectivity index (χ3v) is 3.84. The number of rotatable bonds is 9. The molecule has 2 aromatic rings. The maximum atomic E-state index is 12.9. The molecule has 1 N–H and O–H groups in total. The second-order valence-corrected chi connectivity index (χ2v) is 5.71. The Labute approximate surface area is 143 Å². The Balaban J connectivity index is 2.29. The van der Waals surface area contributed by atoms with Gasteiger partial charge in [-0.15, -0.1) is 0 Å². The van der Waals surface area contributed by atoms with E-state index in [-0.39, 0.29) is 5.56 Å². The molecule has 0 radical (unpaired) electrons. The van der Waals surface area contributed by atoms with Crippen LogP contribution in [0.2, 0.25) is 0 Å². The molecule has 0 aliphatic rings. The van der Waals surface area contributed by atoms with E-state index >= 15 is 0 Å². The summed E-state index contributed by atoms with van der Waals surface area (Å²) in [5.41, 5.74) is 3.27. The van der Waals surface area contributed by atoms with Crippen molar-refractivity contribution in [2.75, 3.05) is 19.8 Å². The lowest BCUT2D eigenvalue weighted by atomic mass is 10.1. The lowest BCUT2D eigenvalue weighted by molar-refractivity contribution is 0.146. The Kier molecular flexibility index (Phi) is 7.00. The molecule has 0 spiro atoms. The minimum absolute atomic E-state index is 0.0318. The van der Waals surface area contributed by atoms with Crippen LogP contribution >= 0.6 is 0 Å². The minimum Gasteiger partial charge on any atom is -0.382 e. The number of aliphatic imine (C=N–C) groups is 1. The van der Waals surface area contributed by atoms with Crippen LogP contribution in [-0.4, -0.2) is 35.3 Å². The highest BCUT2D eigenvalue weighted by atomic mass is 16.5. The summed E-state index contributed by atoms with van der Waals surface area (Å²) in [5.74, 6) is 0. The number of aryl methyl sites for hydroxylation is 1. The van der Waals surface area contributed by atoms with E-state index in [1.807, 2.05) is 44.2 Å². The monoisotopic (exact) mass is 329 g/mol. The first kappa shape index (κ1) is 18.2. The molecule has 24 heavy (non-hydrogen) atoms. The highest BCUT2D eigenvalue weighted by Crippen LogP contribution is 2.11. The molecule has 0 aliphatic carbocycles. The molecule has 0 bridgehead atoms. The fraction of sp³-hybridized carbons (Fsp3) is 0.474. The van der Waals surface area contributed by atoms with Crippen LogP contribution in [0.15, 0.2) is 40.1 Å². The lowest BCUT2D eigenvalue weighted by Crippen LogP contribution is -2.20. The molecule has 0 saturated carbocycles.